The molecule has 3 N–H and O–H groups in total. The molecule has 0 aliphatic carbocycles. The van der Waals surface area contributed by atoms with E-state index in [2.05, 4.69) is 16.0 Å². The smallest absolute Gasteiger partial charge is 0.263 e. The molecule has 1 aromatic heterocycles. The molecule has 9 heteroatoms. The summed E-state index contributed by atoms with van der Waals surface area (Å²) in [4.78, 5) is 25.6. The number of carbonyl (C=O) groups excluding carboxylic acids is 2. The normalized spacial score (nSPS) is 11.2. The van der Waals surface area contributed by atoms with E-state index in [1.165, 1.54) is 11.3 Å². The van der Waals surface area contributed by atoms with E-state index >= 15 is 0 Å². The van der Waals surface area contributed by atoms with Crippen LogP contribution in [0.1, 0.15) is 47.7 Å². The van der Waals surface area contributed by atoms with Crippen molar-refractivity contribution < 1.29 is 14.3 Å². The van der Waals surface area contributed by atoms with Gasteiger partial charge in [-0.3, -0.25) is 14.9 Å². The van der Waals surface area contributed by atoms with E-state index in [0.717, 1.165) is 10.1 Å². The molecule has 0 saturated heterocycles. The molecule has 0 atom stereocenters. The van der Waals surface area contributed by atoms with Crippen LogP contribution >= 0.6 is 35.2 Å². The highest BCUT2D eigenvalue weighted by molar-refractivity contribution is 7.80. The number of carbonyl (C=O) groups is 2. The van der Waals surface area contributed by atoms with Crippen LogP contribution in [-0.2, 0) is 0 Å². The van der Waals surface area contributed by atoms with Crippen molar-refractivity contribution in [3.05, 3.63) is 57.9 Å². The minimum Gasteiger partial charge on any atom is -0.494 e. The number of thiocarbonyl (C=S) groups is 1. The first-order chi connectivity index (χ1) is 15.1. The third-order valence-corrected chi connectivity index (χ3v) is 6.20. The van der Waals surface area contributed by atoms with Crippen molar-refractivity contribution in [2.24, 2.45) is 0 Å². The molecule has 2 amide bonds. The van der Waals surface area contributed by atoms with Gasteiger partial charge in [0.15, 0.2) is 5.11 Å². The number of hydrogen-bond acceptors (Lipinski definition) is 5. The van der Waals surface area contributed by atoms with Gasteiger partial charge >= 0.3 is 0 Å². The van der Waals surface area contributed by atoms with Gasteiger partial charge in [0.05, 0.1) is 22.0 Å². The lowest BCUT2D eigenvalue weighted by Crippen LogP contribution is -2.40. The van der Waals surface area contributed by atoms with E-state index in [0.29, 0.717) is 33.5 Å². The number of benzene rings is 2. The highest BCUT2D eigenvalue weighted by atomic mass is 35.5. The molecule has 1 heterocycles. The van der Waals surface area contributed by atoms with Gasteiger partial charge in [-0.1, -0.05) is 23.7 Å². The Morgan fingerprint density at radius 2 is 1.78 bits per heavy atom. The highest BCUT2D eigenvalue weighted by Crippen LogP contribution is 2.39. The predicted molar refractivity (Wildman–Crippen MR) is 135 cm³/mol. The Morgan fingerprint density at radius 3 is 2.41 bits per heavy atom. The molecular weight excluding hydrogens is 466 g/mol. The standard InChI is InChI=1S/C23H24ClN3O3S2/c1-5-30-14-11-9-13(10-12-14)20(28)26-22(31)25-16-8-6-7-15-17(24)19(32-18(15)16)21(29)27-23(2,3)4/h6-12H,5H2,1-4H3,(H,27,29)(H2,25,26,28,31). The SMILES string of the molecule is CCOc1ccc(C(=O)NC(=S)Nc2cccc3c(Cl)c(C(=O)NC(C)(C)C)sc23)cc1. The van der Waals surface area contributed by atoms with Gasteiger partial charge < -0.3 is 15.4 Å². The molecule has 32 heavy (non-hydrogen) atoms. The molecule has 6 nitrogen and oxygen atoms in total. The quantitative estimate of drug-likeness (QED) is 0.406. The Kier molecular flexibility index (Phi) is 7.38. The number of fused-ring (bicyclic) bond motifs is 1. The van der Waals surface area contributed by atoms with E-state index in [4.69, 9.17) is 28.6 Å². The number of rotatable bonds is 5. The topological polar surface area (TPSA) is 79.5 Å². The first-order valence-corrected chi connectivity index (χ1v) is 11.6. The number of thiophene rings is 1. The molecule has 168 valence electrons. The lowest BCUT2D eigenvalue weighted by Gasteiger charge is -2.19. The van der Waals surface area contributed by atoms with E-state index in [1.54, 1.807) is 24.3 Å². The van der Waals surface area contributed by atoms with Gasteiger partial charge in [-0.15, -0.1) is 11.3 Å². The summed E-state index contributed by atoms with van der Waals surface area (Å²) in [6, 6.07) is 12.3. The van der Waals surface area contributed by atoms with E-state index in [-0.39, 0.29) is 22.5 Å². The fourth-order valence-corrected chi connectivity index (χ4v) is 4.60. The largest absolute Gasteiger partial charge is 0.494 e. The number of hydrogen-bond donors (Lipinski definition) is 3. The predicted octanol–water partition coefficient (Wildman–Crippen LogP) is 5.61. The molecule has 3 aromatic rings. The summed E-state index contributed by atoms with van der Waals surface area (Å²) in [7, 11) is 0. The van der Waals surface area contributed by atoms with Gasteiger partial charge in [0.2, 0.25) is 0 Å². The van der Waals surface area contributed by atoms with Crippen molar-refractivity contribution in [2.75, 3.05) is 11.9 Å². The van der Waals surface area contributed by atoms with Crippen LogP contribution in [-0.4, -0.2) is 29.1 Å². The first kappa shape index (κ1) is 24.0. The molecular formula is C23H24ClN3O3S2. The summed E-state index contributed by atoms with van der Waals surface area (Å²) >= 11 is 13.1. The fraction of sp³-hybridized carbons (Fsp3) is 0.261. The average molecular weight is 490 g/mol. The molecule has 0 unspecified atom stereocenters. The second-order valence-corrected chi connectivity index (χ2v) is 9.80. The summed E-state index contributed by atoms with van der Waals surface area (Å²) in [5, 5.41) is 9.90. The van der Waals surface area contributed by atoms with Gasteiger partial charge in [0.25, 0.3) is 11.8 Å². The monoisotopic (exact) mass is 489 g/mol. The number of ether oxygens (including phenoxy) is 1. The van der Waals surface area contributed by atoms with E-state index < -0.39 is 0 Å². The van der Waals surface area contributed by atoms with Crippen LogP contribution < -0.4 is 20.7 Å². The third-order valence-electron chi connectivity index (χ3n) is 4.25. The number of halogens is 1. The zero-order valence-corrected chi connectivity index (χ0v) is 20.6. The number of nitrogens with one attached hydrogen (secondary N) is 3. The molecule has 0 aliphatic heterocycles. The van der Waals surface area contributed by atoms with Crippen molar-refractivity contribution in [1.29, 1.82) is 0 Å². The summed E-state index contributed by atoms with van der Waals surface area (Å²) in [6.07, 6.45) is 0. The van der Waals surface area contributed by atoms with Crippen LogP contribution in [0.2, 0.25) is 5.02 Å². The lowest BCUT2D eigenvalue weighted by atomic mass is 10.1. The van der Waals surface area contributed by atoms with Crippen LogP contribution in [0.5, 0.6) is 5.75 Å². The minimum atomic E-state index is -0.385. The first-order valence-electron chi connectivity index (χ1n) is 9.97. The Bertz CT molecular complexity index is 1170. The summed E-state index contributed by atoms with van der Waals surface area (Å²) in [5.41, 5.74) is 0.724. The van der Waals surface area contributed by atoms with E-state index in [9.17, 15) is 9.59 Å². The van der Waals surface area contributed by atoms with Crippen LogP contribution in [0.15, 0.2) is 42.5 Å². The molecule has 0 aliphatic rings. The van der Waals surface area contributed by atoms with Crippen molar-refractivity contribution in [3.8, 4) is 5.75 Å². The van der Waals surface area contributed by atoms with Gasteiger partial charge in [-0.05, 0) is 70.2 Å². The van der Waals surface area contributed by atoms with Crippen LogP contribution in [0.25, 0.3) is 10.1 Å². The third kappa shape index (κ3) is 5.76. The maximum absolute atomic E-state index is 12.7. The zero-order chi connectivity index (χ0) is 23.5. The molecule has 0 saturated carbocycles. The average Bonchev–Trinajstić information content (AvgIpc) is 3.05. The maximum Gasteiger partial charge on any atom is 0.263 e. The number of amides is 2. The number of anilines is 1. The summed E-state index contributed by atoms with van der Waals surface area (Å²) < 4.78 is 6.16. The Labute approximate surface area is 201 Å². The molecule has 0 spiro atoms. The molecule has 0 radical (unpaired) electrons. The molecule has 3 rings (SSSR count). The van der Waals surface area contributed by atoms with Gasteiger partial charge in [-0.2, -0.15) is 0 Å². The van der Waals surface area contributed by atoms with Crippen LogP contribution in [0.3, 0.4) is 0 Å². The summed E-state index contributed by atoms with van der Waals surface area (Å²) in [5.74, 6) is 0.116. The second-order valence-electron chi connectivity index (χ2n) is 8.00. The molecule has 0 bridgehead atoms. The molecule has 0 fully saturated rings. The van der Waals surface area contributed by atoms with Crippen molar-refractivity contribution in [2.45, 2.75) is 33.2 Å². The van der Waals surface area contributed by atoms with Gasteiger partial charge in [-0.25, -0.2) is 0 Å². The molecule has 2 aromatic carbocycles. The zero-order valence-electron chi connectivity index (χ0n) is 18.2. The highest BCUT2D eigenvalue weighted by Gasteiger charge is 2.22. The Balaban J connectivity index is 1.76. The minimum absolute atomic E-state index is 0.140. The van der Waals surface area contributed by atoms with Crippen molar-refractivity contribution >= 4 is 67.9 Å². The fourth-order valence-electron chi connectivity index (χ4n) is 2.93. The van der Waals surface area contributed by atoms with Gasteiger partial charge in [0, 0.05) is 16.5 Å². The lowest BCUT2D eigenvalue weighted by molar-refractivity contribution is 0.0922. The Hall–Kier alpha value is -2.68. The van der Waals surface area contributed by atoms with Crippen LogP contribution in [0.4, 0.5) is 5.69 Å². The summed E-state index contributed by atoms with van der Waals surface area (Å²) in [6.45, 7) is 8.17. The maximum atomic E-state index is 12.7. The van der Waals surface area contributed by atoms with Gasteiger partial charge in [0.1, 0.15) is 10.6 Å². The van der Waals surface area contributed by atoms with Crippen molar-refractivity contribution in [1.82, 2.24) is 10.6 Å². The van der Waals surface area contributed by atoms with Crippen molar-refractivity contribution in [3.63, 3.8) is 0 Å². The Morgan fingerprint density at radius 1 is 1.09 bits per heavy atom. The van der Waals surface area contributed by atoms with Crippen LogP contribution in [0, 0.1) is 0 Å². The second kappa shape index (κ2) is 9.85. The van der Waals surface area contributed by atoms with E-state index in [1.807, 2.05) is 45.9 Å².